The van der Waals surface area contributed by atoms with Crippen LogP contribution in [0.3, 0.4) is 0 Å². The summed E-state index contributed by atoms with van der Waals surface area (Å²) in [5.74, 6) is 0. The van der Waals surface area contributed by atoms with Gasteiger partial charge in [-0.3, -0.25) is 0 Å². The molecular weight excluding hydrogens is 202 g/mol. The van der Waals surface area contributed by atoms with E-state index in [0.717, 1.165) is 13.1 Å². The topological polar surface area (TPSA) is 30.5 Å². The molecule has 0 radical (unpaired) electrons. The zero-order chi connectivity index (χ0) is 12.1. The second kappa shape index (κ2) is 12.9. The van der Waals surface area contributed by atoms with Gasteiger partial charge in [-0.1, -0.05) is 32.6 Å². The van der Waals surface area contributed by atoms with E-state index in [0.29, 0.717) is 13.2 Å². The Morgan fingerprint density at radius 1 is 0.875 bits per heavy atom. The summed E-state index contributed by atoms with van der Waals surface area (Å²) >= 11 is 0. The summed E-state index contributed by atoms with van der Waals surface area (Å²) in [6.07, 6.45) is 6.54. The molecule has 0 aromatic rings. The summed E-state index contributed by atoms with van der Waals surface area (Å²) in [5.41, 5.74) is 0. The van der Waals surface area contributed by atoms with Crippen LogP contribution in [0.1, 0.15) is 52.9 Å². The molecule has 0 unspecified atom stereocenters. The Labute approximate surface area is 101 Å². The van der Waals surface area contributed by atoms with Crippen LogP contribution in [0.4, 0.5) is 0 Å². The van der Waals surface area contributed by atoms with Gasteiger partial charge in [0.1, 0.15) is 0 Å². The second-order valence-electron chi connectivity index (χ2n) is 3.96. The van der Waals surface area contributed by atoms with Crippen LogP contribution in [0.25, 0.3) is 0 Å². The fourth-order valence-corrected chi connectivity index (χ4v) is 1.61. The highest BCUT2D eigenvalue weighted by Gasteiger charge is 2.05. The highest BCUT2D eigenvalue weighted by atomic mass is 16.7. The maximum Gasteiger partial charge on any atom is 0.169 e. The summed E-state index contributed by atoms with van der Waals surface area (Å²) in [6.45, 7) is 9.53. The molecule has 1 N–H and O–H groups in total. The number of unbranched alkanes of at least 4 members (excludes halogenated alkanes) is 4. The van der Waals surface area contributed by atoms with E-state index in [1.54, 1.807) is 0 Å². The molecular formula is C13H29NO2. The number of nitrogens with one attached hydrogen (secondary N) is 1. The molecule has 98 valence electrons. The smallest absolute Gasteiger partial charge is 0.169 e. The number of rotatable bonds is 12. The Morgan fingerprint density at radius 3 is 2.06 bits per heavy atom. The first kappa shape index (κ1) is 15.9. The predicted molar refractivity (Wildman–Crippen MR) is 68.7 cm³/mol. The van der Waals surface area contributed by atoms with Crippen LogP contribution in [0.15, 0.2) is 0 Å². The first-order chi connectivity index (χ1) is 7.85. The zero-order valence-corrected chi connectivity index (χ0v) is 11.3. The minimum absolute atomic E-state index is 0.0781. The minimum atomic E-state index is -0.0781. The van der Waals surface area contributed by atoms with E-state index in [2.05, 4.69) is 12.2 Å². The van der Waals surface area contributed by atoms with Crippen molar-refractivity contribution in [3.63, 3.8) is 0 Å². The Bertz CT molecular complexity index is 125. The van der Waals surface area contributed by atoms with E-state index < -0.39 is 0 Å². The van der Waals surface area contributed by atoms with Gasteiger partial charge in [-0.05, 0) is 26.8 Å². The highest BCUT2D eigenvalue weighted by Crippen LogP contribution is 2.01. The van der Waals surface area contributed by atoms with Crippen LogP contribution >= 0.6 is 0 Å². The minimum Gasteiger partial charge on any atom is -0.352 e. The van der Waals surface area contributed by atoms with Gasteiger partial charge in [0.25, 0.3) is 0 Å². The van der Waals surface area contributed by atoms with Gasteiger partial charge in [0.2, 0.25) is 0 Å². The first-order valence-electron chi connectivity index (χ1n) is 6.79. The first-order valence-corrected chi connectivity index (χ1v) is 6.79. The third-order valence-electron chi connectivity index (χ3n) is 2.47. The molecule has 0 aliphatic rings. The Hall–Kier alpha value is -0.120. The van der Waals surface area contributed by atoms with Crippen molar-refractivity contribution >= 4 is 0 Å². The molecule has 0 bridgehead atoms. The molecule has 0 atom stereocenters. The molecule has 0 aliphatic heterocycles. The van der Waals surface area contributed by atoms with Gasteiger partial charge >= 0.3 is 0 Å². The molecule has 3 heteroatoms. The monoisotopic (exact) mass is 231 g/mol. The Morgan fingerprint density at radius 2 is 1.50 bits per heavy atom. The van der Waals surface area contributed by atoms with Crippen molar-refractivity contribution in [2.75, 3.05) is 26.3 Å². The van der Waals surface area contributed by atoms with Crippen molar-refractivity contribution in [3.05, 3.63) is 0 Å². The fourth-order valence-electron chi connectivity index (χ4n) is 1.61. The van der Waals surface area contributed by atoms with E-state index in [-0.39, 0.29) is 6.29 Å². The van der Waals surface area contributed by atoms with Gasteiger partial charge in [-0.15, -0.1) is 0 Å². The average Bonchev–Trinajstić information content (AvgIpc) is 2.28. The summed E-state index contributed by atoms with van der Waals surface area (Å²) in [6, 6.07) is 0. The molecule has 0 amide bonds. The molecule has 0 aliphatic carbocycles. The van der Waals surface area contributed by atoms with Crippen molar-refractivity contribution in [1.82, 2.24) is 5.32 Å². The summed E-state index contributed by atoms with van der Waals surface area (Å²) in [5, 5.41) is 3.38. The van der Waals surface area contributed by atoms with Crippen LogP contribution in [-0.2, 0) is 9.47 Å². The quantitative estimate of drug-likeness (QED) is 0.414. The molecule has 3 nitrogen and oxygen atoms in total. The van der Waals surface area contributed by atoms with Crippen molar-refractivity contribution < 1.29 is 9.47 Å². The summed E-state index contributed by atoms with van der Waals surface area (Å²) in [4.78, 5) is 0. The van der Waals surface area contributed by atoms with Gasteiger partial charge in [-0.2, -0.15) is 0 Å². The lowest BCUT2D eigenvalue weighted by Crippen LogP contribution is -2.32. The number of hydrogen-bond acceptors (Lipinski definition) is 3. The maximum atomic E-state index is 5.44. The molecule has 0 spiro atoms. The van der Waals surface area contributed by atoms with Crippen LogP contribution in [0.2, 0.25) is 0 Å². The predicted octanol–water partition coefficient (Wildman–Crippen LogP) is 2.95. The van der Waals surface area contributed by atoms with Crippen LogP contribution in [0.5, 0.6) is 0 Å². The largest absolute Gasteiger partial charge is 0.352 e. The third-order valence-corrected chi connectivity index (χ3v) is 2.47. The molecule has 0 saturated heterocycles. The standard InChI is InChI=1S/C13H29NO2/c1-4-7-8-9-10-11-14-12-13(15-5-2)16-6-3/h13-14H,4-12H2,1-3H3. The van der Waals surface area contributed by atoms with E-state index in [9.17, 15) is 0 Å². The van der Waals surface area contributed by atoms with Crippen molar-refractivity contribution in [1.29, 1.82) is 0 Å². The summed E-state index contributed by atoms with van der Waals surface area (Å²) in [7, 11) is 0. The lowest BCUT2D eigenvalue weighted by molar-refractivity contribution is -0.132. The zero-order valence-electron chi connectivity index (χ0n) is 11.3. The third kappa shape index (κ3) is 10.4. The lowest BCUT2D eigenvalue weighted by Gasteiger charge is -2.17. The van der Waals surface area contributed by atoms with E-state index in [1.165, 1.54) is 32.1 Å². The Balaban J connectivity index is 3.25. The molecule has 0 rings (SSSR count). The van der Waals surface area contributed by atoms with Crippen LogP contribution < -0.4 is 5.32 Å². The molecule has 0 saturated carbocycles. The number of hydrogen-bond donors (Lipinski definition) is 1. The highest BCUT2D eigenvalue weighted by molar-refractivity contribution is 4.52. The van der Waals surface area contributed by atoms with Gasteiger partial charge < -0.3 is 14.8 Å². The second-order valence-corrected chi connectivity index (χ2v) is 3.96. The molecule has 16 heavy (non-hydrogen) atoms. The van der Waals surface area contributed by atoms with Gasteiger partial charge in [-0.25, -0.2) is 0 Å². The van der Waals surface area contributed by atoms with Crippen molar-refractivity contribution in [3.8, 4) is 0 Å². The van der Waals surface area contributed by atoms with Crippen molar-refractivity contribution in [2.24, 2.45) is 0 Å². The molecule has 0 fully saturated rings. The van der Waals surface area contributed by atoms with Gasteiger partial charge in [0.05, 0.1) is 0 Å². The normalized spacial score (nSPS) is 11.2. The lowest BCUT2D eigenvalue weighted by atomic mass is 10.1. The molecule has 0 aromatic carbocycles. The van der Waals surface area contributed by atoms with E-state index in [4.69, 9.17) is 9.47 Å². The molecule has 0 aromatic heterocycles. The average molecular weight is 231 g/mol. The Kier molecular flexibility index (Phi) is 12.9. The van der Waals surface area contributed by atoms with Gasteiger partial charge in [0.15, 0.2) is 6.29 Å². The van der Waals surface area contributed by atoms with Crippen LogP contribution in [0, 0.1) is 0 Å². The fraction of sp³-hybridized carbons (Fsp3) is 1.00. The van der Waals surface area contributed by atoms with Crippen molar-refractivity contribution in [2.45, 2.75) is 59.2 Å². The maximum absolute atomic E-state index is 5.44. The SMILES string of the molecule is CCCCCCCNCC(OCC)OCC. The molecule has 0 heterocycles. The summed E-state index contributed by atoms with van der Waals surface area (Å²) < 4.78 is 10.9. The van der Waals surface area contributed by atoms with Crippen LogP contribution in [-0.4, -0.2) is 32.6 Å². The van der Waals surface area contributed by atoms with Gasteiger partial charge in [0, 0.05) is 19.8 Å². The van der Waals surface area contributed by atoms with E-state index >= 15 is 0 Å². The number of ether oxygens (including phenoxy) is 2. The van der Waals surface area contributed by atoms with E-state index in [1.807, 2.05) is 13.8 Å².